The van der Waals surface area contributed by atoms with Crippen molar-refractivity contribution in [1.29, 1.82) is 0 Å². The number of benzene rings is 1. The lowest BCUT2D eigenvalue weighted by molar-refractivity contribution is 0.467. The monoisotopic (exact) mass is 220 g/mol. The first kappa shape index (κ1) is 13.0. The van der Waals surface area contributed by atoms with Gasteiger partial charge in [-0.25, -0.2) is 0 Å². The van der Waals surface area contributed by atoms with Crippen LogP contribution in [0.1, 0.15) is 32.8 Å². The zero-order valence-electron chi connectivity index (χ0n) is 10.9. The summed E-state index contributed by atoms with van der Waals surface area (Å²) in [6.45, 7) is 8.48. The lowest BCUT2D eigenvalue weighted by Gasteiger charge is -2.23. The highest BCUT2D eigenvalue weighted by Crippen LogP contribution is 2.38. The second-order valence-corrected chi connectivity index (χ2v) is 4.31. The van der Waals surface area contributed by atoms with Crippen molar-refractivity contribution < 1.29 is 0 Å². The first-order valence-electron chi connectivity index (χ1n) is 6.24. The average Bonchev–Trinajstić information content (AvgIpc) is 2.69. The van der Waals surface area contributed by atoms with Crippen LogP contribution >= 0.6 is 0 Å². The zero-order chi connectivity index (χ0) is 12.0. The van der Waals surface area contributed by atoms with Gasteiger partial charge >= 0.3 is 0 Å². The van der Waals surface area contributed by atoms with Crippen LogP contribution in [0.15, 0.2) is 24.3 Å². The highest BCUT2D eigenvalue weighted by molar-refractivity contribution is 5.59. The van der Waals surface area contributed by atoms with Gasteiger partial charge in [-0.1, -0.05) is 39.0 Å². The van der Waals surface area contributed by atoms with E-state index in [1.165, 1.54) is 17.7 Å². The number of para-hydroxylation sites is 1. The fraction of sp³-hybridized carbons (Fsp3) is 0.571. The highest BCUT2D eigenvalue weighted by atomic mass is 14.9. The van der Waals surface area contributed by atoms with E-state index in [-0.39, 0.29) is 0 Å². The van der Waals surface area contributed by atoms with Crippen LogP contribution in [0.3, 0.4) is 0 Å². The molecule has 1 atom stereocenters. The van der Waals surface area contributed by atoms with Crippen molar-refractivity contribution in [3.05, 3.63) is 29.8 Å². The number of rotatable bonds is 3. The van der Waals surface area contributed by atoms with E-state index in [9.17, 15) is 0 Å². The minimum atomic E-state index is 0.305. The molecule has 0 saturated carbocycles. The summed E-state index contributed by atoms with van der Waals surface area (Å²) < 4.78 is 0. The molecule has 0 spiro atoms. The van der Waals surface area contributed by atoms with Gasteiger partial charge in [-0.3, -0.25) is 0 Å². The van der Waals surface area contributed by atoms with E-state index in [1.807, 2.05) is 20.9 Å². The lowest BCUT2D eigenvalue weighted by atomic mass is 9.81. The van der Waals surface area contributed by atoms with Gasteiger partial charge in [-0.15, -0.1) is 0 Å². The minimum Gasteiger partial charge on any atom is -0.384 e. The van der Waals surface area contributed by atoms with Gasteiger partial charge in [0.2, 0.25) is 0 Å². The highest BCUT2D eigenvalue weighted by Gasteiger charge is 2.33. The fourth-order valence-electron chi connectivity index (χ4n) is 2.17. The summed E-state index contributed by atoms with van der Waals surface area (Å²) in [5.41, 5.74) is 3.08. The molecule has 0 aromatic heterocycles. The summed E-state index contributed by atoms with van der Waals surface area (Å²) in [6, 6.07) is 8.63. The van der Waals surface area contributed by atoms with Gasteiger partial charge in [0.25, 0.3) is 0 Å². The van der Waals surface area contributed by atoms with Gasteiger partial charge in [0, 0.05) is 17.6 Å². The normalized spacial score (nSPS) is 21.8. The van der Waals surface area contributed by atoms with Gasteiger partial charge in [0.1, 0.15) is 0 Å². The Morgan fingerprint density at radius 2 is 2.00 bits per heavy atom. The average molecular weight is 220 g/mol. The van der Waals surface area contributed by atoms with Gasteiger partial charge in [-0.05, 0) is 31.6 Å². The Morgan fingerprint density at radius 3 is 2.69 bits per heavy atom. The van der Waals surface area contributed by atoms with Gasteiger partial charge < -0.3 is 10.6 Å². The SMILES string of the molecule is CC.CNCCC1(C)CNc2ccccc21. The van der Waals surface area contributed by atoms with Crippen LogP contribution in [-0.4, -0.2) is 20.1 Å². The number of nitrogens with one attached hydrogen (secondary N) is 2. The third-order valence-corrected chi connectivity index (χ3v) is 3.17. The van der Waals surface area contributed by atoms with Crippen molar-refractivity contribution in [2.45, 2.75) is 32.6 Å². The van der Waals surface area contributed by atoms with E-state index in [0.29, 0.717) is 5.41 Å². The van der Waals surface area contributed by atoms with Crippen molar-refractivity contribution in [3.63, 3.8) is 0 Å². The molecule has 0 bridgehead atoms. The summed E-state index contributed by atoms with van der Waals surface area (Å²) in [5, 5.41) is 6.69. The van der Waals surface area contributed by atoms with Crippen LogP contribution in [0, 0.1) is 0 Å². The largest absolute Gasteiger partial charge is 0.384 e. The van der Waals surface area contributed by atoms with Gasteiger partial charge in [-0.2, -0.15) is 0 Å². The molecule has 1 aliphatic rings. The van der Waals surface area contributed by atoms with E-state index < -0.39 is 0 Å². The molecular weight excluding hydrogens is 196 g/mol. The molecule has 2 heteroatoms. The van der Waals surface area contributed by atoms with Crippen LogP contribution in [0.4, 0.5) is 5.69 Å². The van der Waals surface area contributed by atoms with Crippen LogP contribution in [0.5, 0.6) is 0 Å². The molecule has 1 unspecified atom stereocenters. The zero-order valence-corrected chi connectivity index (χ0v) is 10.9. The Labute approximate surface area is 99.5 Å². The summed E-state index contributed by atoms with van der Waals surface area (Å²) in [4.78, 5) is 0. The van der Waals surface area contributed by atoms with Crippen LogP contribution in [0.25, 0.3) is 0 Å². The summed E-state index contributed by atoms with van der Waals surface area (Å²) in [7, 11) is 2.01. The number of hydrogen-bond acceptors (Lipinski definition) is 2. The Morgan fingerprint density at radius 1 is 1.31 bits per heavy atom. The fourth-order valence-corrected chi connectivity index (χ4v) is 2.17. The lowest BCUT2D eigenvalue weighted by Crippen LogP contribution is -2.28. The van der Waals surface area contributed by atoms with Crippen molar-refractivity contribution in [2.24, 2.45) is 0 Å². The molecule has 2 N–H and O–H groups in total. The minimum absolute atomic E-state index is 0.305. The second-order valence-electron chi connectivity index (χ2n) is 4.31. The number of fused-ring (bicyclic) bond motifs is 1. The molecular formula is C14H24N2. The van der Waals surface area contributed by atoms with Crippen LogP contribution in [-0.2, 0) is 5.41 Å². The molecule has 1 aliphatic heterocycles. The predicted molar refractivity (Wildman–Crippen MR) is 72.2 cm³/mol. The van der Waals surface area contributed by atoms with Crippen molar-refractivity contribution in [1.82, 2.24) is 5.32 Å². The molecule has 16 heavy (non-hydrogen) atoms. The van der Waals surface area contributed by atoms with E-state index >= 15 is 0 Å². The van der Waals surface area contributed by atoms with E-state index in [0.717, 1.165) is 13.1 Å². The first-order valence-corrected chi connectivity index (χ1v) is 6.24. The van der Waals surface area contributed by atoms with Gasteiger partial charge in [0.15, 0.2) is 0 Å². The van der Waals surface area contributed by atoms with Crippen molar-refractivity contribution >= 4 is 5.69 Å². The molecule has 0 saturated heterocycles. The maximum absolute atomic E-state index is 3.47. The summed E-state index contributed by atoms with van der Waals surface area (Å²) in [6.07, 6.45) is 1.19. The molecule has 0 amide bonds. The van der Waals surface area contributed by atoms with Crippen LogP contribution in [0.2, 0.25) is 0 Å². The summed E-state index contributed by atoms with van der Waals surface area (Å²) >= 11 is 0. The maximum atomic E-state index is 3.47. The molecule has 2 rings (SSSR count). The Bertz CT molecular complexity index is 322. The number of hydrogen-bond donors (Lipinski definition) is 2. The van der Waals surface area contributed by atoms with E-state index in [2.05, 4.69) is 41.8 Å². The molecule has 0 radical (unpaired) electrons. The topological polar surface area (TPSA) is 24.1 Å². The van der Waals surface area contributed by atoms with E-state index in [4.69, 9.17) is 0 Å². The van der Waals surface area contributed by atoms with Gasteiger partial charge in [0.05, 0.1) is 0 Å². The second kappa shape index (κ2) is 5.90. The van der Waals surface area contributed by atoms with Crippen molar-refractivity contribution in [3.8, 4) is 0 Å². The molecule has 0 aliphatic carbocycles. The Hall–Kier alpha value is -1.02. The standard InChI is InChI=1S/C12H18N2.C2H6/c1-12(7-8-13-2)9-14-11-6-4-3-5-10(11)12;1-2/h3-6,13-14H,7-9H2,1-2H3;1-2H3. The van der Waals surface area contributed by atoms with Crippen molar-refractivity contribution in [2.75, 3.05) is 25.5 Å². The smallest absolute Gasteiger partial charge is 0.0379 e. The Balaban J connectivity index is 0.000000606. The quantitative estimate of drug-likeness (QED) is 0.818. The Kier molecular flexibility index (Phi) is 4.81. The first-order chi connectivity index (χ1) is 7.76. The number of anilines is 1. The molecule has 1 aromatic rings. The maximum Gasteiger partial charge on any atom is 0.0379 e. The predicted octanol–water partition coefficient (Wildman–Crippen LogP) is 3.01. The molecule has 2 nitrogen and oxygen atoms in total. The molecule has 0 fully saturated rings. The molecule has 1 aromatic carbocycles. The molecule has 90 valence electrons. The third-order valence-electron chi connectivity index (χ3n) is 3.17. The van der Waals surface area contributed by atoms with Crippen LogP contribution < -0.4 is 10.6 Å². The summed E-state index contributed by atoms with van der Waals surface area (Å²) in [5.74, 6) is 0. The van der Waals surface area contributed by atoms with E-state index in [1.54, 1.807) is 0 Å². The third kappa shape index (κ3) is 2.56. The molecule has 1 heterocycles.